The van der Waals surface area contributed by atoms with E-state index >= 15 is 0 Å². The van der Waals surface area contributed by atoms with Crippen molar-refractivity contribution in [3.63, 3.8) is 0 Å². The fraction of sp³-hybridized carbons (Fsp3) is 0.400. The summed E-state index contributed by atoms with van der Waals surface area (Å²) in [6, 6.07) is 12.7. The van der Waals surface area contributed by atoms with Gasteiger partial charge in [0, 0.05) is 24.8 Å². The molecule has 1 aliphatic heterocycles. The third-order valence-electron chi connectivity index (χ3n) is 5.21. The molecule has 1 aromatic heterocycles. The average Bonchev–Trinajstić information content (AvgIpc) is 2.68. The van der Waals surface area contributed by atoms with Gasteiger partial charge >= 0.3 is 6.03 Å². The number of fused-ring (bicyclic) bond motifs is 1. The predicted molar refractivity (Wildman–Crippen MR) is 115 cm³/mol. The average molecular weight is 442 g/mol. The Balaban J connectivity index is 2.23. The highest BCUT2D eigenvalue weighted by molar-refractivity contribution is 6.68. The van der Waals surface area contributed by atoms with Gasteiger partial charge in [0.2, 0.25) is 3.79 Å². The zero-order chi connectivity index (χ0) is 20.4. The van der Waals surface area contributed by atoms with Crippen molar-refractivity contribution in [2.24, 2.45) is 0 Å². The topological polar surface area (TPSA) is 48.5 Å². The van der Waals surface area contributed by atoms with E-state index in [1.807, 2.05) is 36.4 Å². The number of benzene rings is 1. The molecule has 0 bridgehead atoms. The van der Waals surface area contributed by atoms with Crippen LogP contribution in [0.15, 0.2) is 48.7 Å². The van der Waals surface area contributed by atoms with Crippen LogP contribution in [0, 0.1) is 0 Å². The van der Waals surface area contributed by atoms with Crippen molar-refractivity contribution in [3.8, 4) is 0 Å². The summed E-state index contributed by atoms with van der Waals surface area (Å²) in [4.78, 5) is 21.3. The molecule has 0 saturated carbocycles. The van der Waals surface area contributed by atoms with Gasteiger partial charge in [0.05, 0.1) is 0 Å². The smallest absolute Gasteiger partial charge is 0.305 e. The van der Waals surface area contributed by atoms with Crippen LogP contribution in [-0.4, -0.2) is 50.8 Å². The Labute approximate surface area is 180 Å². The predicted octanol–water partition coefficient (Wildman–Crippen LogP) is 4.88. The lowest BCUT2D eigenvalue weighted by Gasteiger charge is -2.51. The van der Waals surface area contributed by atoms with Gasteiger partial charge in [-0.3, -0.25) is 5.32 Å². The van der Waals surface area contributed by atoms with Crippen molar-refractivity contribution < 1.29 is 4.79 Å². The van der Waals surface area contributed by atoms with Crippen molar-refractivity contribution in [2.75, 3.05) is 31.5 Å². The molecule has 2 heterocycles. The molecule has 3 rings (SSSR count). The second-order valence-corrected chi connectivity index (χ2v) is 8.86. The van der Waals surface area contributed by atoms with Crippen LogP contribution in [0.1, 0.15) is 25.0 Å². The van der Waals surface area contributed by atoms with Gasteiger partial charge in [0.25, 0.3) is 0 Å². The molecule has 5 nitrogen and oxygen atoms in total. The summed E-state index contributed by atoms with van der Waals surface area (Å²) in [5.41, 5.74) is 0.0665. The molecule has 150 valence electrons. The van der Waals surface area contributed by atoms with Crippen molar-refractivity contribution >= 4 is 46.7 Å². The van der Waals surface area contributed by atoms with Crippen molar-refractivity contribution in [1.29, 1.82) is 0 Å². The summed E-state index contributed by atoms with van der Waals surface area (Å²) in [5, 5.41) is 2.85. The lowest BCUT2D eigenvalue weighted by molar-refractivity contribution is 0.129. The molecule has 2 amide bonds. The van der Waals surface area contributed by atoms with Gasteiger partial charge in [-0.15, -0.1) is 0 Å². The van der Waals surface area contributed by atoms with Crippen LogP contribution in [0.5, 0.6) is 0 Å². The molecule has 0 saturated heterocycles. The molecule has 2 aromatic rings. The monoisotopic (exact) mass is 440 g/mol. The summed E-state index contributed by atoms with van der Waals surface area (Å²) in [6.45, 7) is 6.96. The van der Waals surface area contributed by atoms with E-state index in [-0.39, 0.29) is 6.03 Å². The number of urea groups is 1. The zero-order valence-corrected chi connectivity index (χ0v) is 18.1. The highest BCUT2D eigenvalue weighted by atomic mass is 35.6. The fourth-order valence-electron chi connectivity index (χ4n) is 3.77. The molecule has 1 unspecified atom stereocenters. The minimum atomic E-state index is -1.83. The third kappa shape index (κ3) is 3.57. The van der Waals surface area contributed by atoms with Gasteiger partial charge in [-0.25, -0.2) is 9.78 Å². The second-order valence-electron chi connectivity index (χ2n) is 6.58. The largest absolute Gasteiger partial charge is 0.324 e. The molecular weight excluding hydrogens is 419 g/mol. The van der Waals surface area contributed by atoms with Gasteiger partial charge in [-0.05, 0) is 24.7 Å². The Morgan fingerprint density at radius 2 is 1.79 bits per heavy atom. The van der Waals surface area contributed by atoms with E-state index in [2.05, 4.69) is 29.0 Å². The minimum Gasteiger partial charge on any atom is -0.305 e. The molecule has 1 atom stereocenters. The zero-order valence-electron chi connectivity index (χ0n) is 15.8. The maximum absolute atomic E-state index is 13.2. The Morgan fingerprint density at radius 1 is 1.11 bits per heavy atom. The number of amides is 2. The first-order valence-electron chi connectivity index (χ1n) is 9.25. The van der Waals surface area contributed by atoms with E-state index in [0.29, 0.717) is 24.5 Å². The Hall–Kier alpha value is -1.53. The summed E-state index contributed by atoms with van der Waals surface area (Å²) in [6.07, 6.45) is 1.61. The number of alkyl halides is 3. The minimum absolute atomic E-state index is 0.339. The van der Waals surface area contributed by atoms with Crippen molar-refractivity contribution in [2.45, 2.75) is 23.2 Å². The van der Waals surface area contributed by atoms with Gasteiger partial charge in [0.15, 0.2) is 0 Å². The molecule has 0 fully saturated rings. The number of nitrogens with one attached hydrogen (secondary N) is 1. The number of carbonyl (C=O) groups excluding carboxylic acids is 1. The van der Waals surface area contributed by atoms with Crippen LogP contribution in [-0.2, 0) is 5.54 Å². The Kier molecular flexibility index (Phi) is 6.40. The Bertz CT molecular complexity index is 824. The summed E-state index contributed by atoms with van der Waals surface area (Å²) in [7, 11) is 0. The van der Waals surface area contributed by atoms with Crippen molar-refractivity contribution in [3.05, 3.63) is 59.8 Å². The van der Waals surface area contributed by atoms with Gasteiger partial charge in [0.1, 0.15) is 11.4 Å². The third-order valence-corrected chi connectivity index (χ3v) is 6.03. The van der Waals surface area contributed by atoms with Crippen LogP contribution < -0.4 is 5.32 Å². The molecule has 0 spiro atoms. The number of hydrogen-bond donors (Lipinski definition) is 1. The highest BCUT2D eigenvalue weighted by Crippen LogP contribution is 2.56. The first kappa shape index (κ1) is 21.2. The van der Waals surface area contributed by atoms with Gasteiger partial charge < -0.3 is 9.80 Å². The van der Waals surface area contributed by atoms with E-state index in [4.69, 9.17) is 34.8 Å². The maximum atomic E-state index is 13.2. The number of carbonyl (C=O) groups is 1. The molecule has 1 aromatic carbocycles. The fourth-order valence-corrected chi connectivity index (χ4v) is 4.71. The number of pyridine rings is 1. The Morgan fingerprint density at radius 3 is 2.39 bits per heavy atom. The van der Waals surface area contributed by atoms with E-state index in [9.17, 15) is 4.79 Å². The molecular formula is C20H23Cl3N4O. The SMILES string of the molecule is CCN(CC)CCN1C(=O)Nc2ncccc2C1(c1ccccc1)C(Cl)(Cl)Cl. The lowest BCUT2D eigenvalue weighted by Crippen LogP contribution is -2.63. The van der Waals surface area contributed by atoms with Gasteiger partial charge in [-0.2, -0.15) is 0 Å². The molecule has 1 N–H and O–H groups in total. The summed E-state index contributed by atoms with van der Waals surface area (Å²) in [5.74, 6) is 0.404. The van der Waals surface area contributed by atoms with E-state index in [0.717, 1.165) is 18.7 Å². The lowest BCUT2D eigenvalue weighted by atomic mass is 9.81. The maximum Gasteiger partial charge on any atom is 0.324 e. The van der Waals surface area contributed by atoms with E-state index < -0.39 is 9.33 Å². The molecule has 0 radical (unpaired) electrons. The molecule has 8 heteroatoms. The number of anilines is 1. The number of likely N-dealkylation sites (N-methyl/N-ethyl adjacent to an activating group) is 1. The number of halogens is 3. The van der Waals surface area contributed by atoms with E-state index in [1.54, 1.807) is 17.2 Å². The number of nitrogens with zero attached hydrogens (tertiary/aromatic N) is 3. The molecule has 0 aliphatic carbocycles. The van der Waals surface area contributed by atoms with E-state index in [1.165, 1.54) is 0 Å². The standard InChI is InChI=1S/C20H23Cl3N4O/c1-3-26(4-2)13-14-27-18(28)25-17-16(11-8-12-24-17)19(27,20(21,22)23)15-9-6-5-7-10-15/h5-12H,3-4,13-14H2,1-2H3,(H,24,25,28). The van der Waals surface area contributed by atoms with Crippen LogP contribution in [0.3, 0.4) is 0 Å². The molecule has 1 aliphatic rings. The summed E-state index contributed by atoms with van der Waals surface area (Å²) < 4.78 is -1.83. The number of hydrogen-bond acceptors (Lipinski definition) is 3. The van der Waals surface area contributed by atoms with Gasteiger partial charge in [-0.1, -0.05) is 85.0 Å². The van der Waals surface area contributed by atoms with Crippen LogP contribution in [0.25, 0.3) is 0 Å². The number of aromatic nitrogens is 1. The van der Waals surface area contributed by atoms with Crippen LogP contribution >= 0.6 is 34.8 Å². The normalized spacial score (nSPS) is 19.5. The van der Waals surface area contributed by atoms with Crippen molar-refractivity contribution in [1.82, 2.24) is 14.8 Å². The highest BCUT2D eigenvalue weighted by Gasteiger charge is 2.60. The number of rotatable bonds is 6. The first-order valence-corrected chi connectivity index (χ1v) is 10.4. The van der Waals surface area contributed by atoms with Crippen LogP contribution in [0.2, 0.25) is 0 Å². The quantitative estimate of drug-likeness (QED) is 0.650. The molecule has 28 heavy (non-hydrogen) atoms. The van der Waals surface area contributed by atoms with Crippen LogP contribution in [0.4, 0.5) is 10.6 Å². The summed E-state index contributed by atoms with van der Waals surface area (Å²) >= 11 is 19.9. The second kappa shape index (κ2) is 8.46. The first-order chi connectivity index (χ1) is 13.4.